The molecule has 11 heteroatoms. The molecule has 2 aliphatic heterocycles. The molecule has 79 heavy (non-hydrogen) atoms. The van der Waals surface area contributed by atoms with Gasteiger partial charge in [0.05, 0.1) is 66.1 Å². The van der Waals surface area contributed by atoms with E-state index in [1.807, 2.05) is 243 Å². The molecule has 0 spiro atoms. The summed E-state index contributed by atoms with van der Waals surface area (Å²) in [6, 6.07) is 80.6. The number of ether oxygens (including phenoxy) is 11. The van der Waals surface area contributed by atoms with Crippen molar-refractivity contribution in [1.29, 1.82) is 0 Å². The molecule has 10 atom stereocenters. The Balaban J connectivity index is 1.06. The first-order chi connectivity index (χ1) is 39.2. The molecular weight excluding hydrogens is 993 g/mol. The van der Waals surface area contributed by atoms with Crippen molar-refractivity contribution in [2.24, 2.45) is 0 Å². The second-order valence-corrected chi connectivity index (χ2v) is 19.8. The van der Waals surface area contributed by atoms with E-state index < -0.39 is 61.4 Å². The van der Waals surface area contributed by atoms with Crippen molar-refractivity contribution in [2.45, 2.75) is 114 Å². The largest absolute Gasteiger partial charge is 0.374 e. The quantitative estimate of drug-likeness (QED) is 0.0469. The van der Waals surface area contributed by atoms with E-state index in [1.54, 1.807) is 0 Å². The summed E-state index contributed by atoms with van der Waals surface area (Å²) in [4.78, 5) is 0. The minimum Gasteiger partial charge on any atom is -0.374 e. The average molecular weight is 1060 g/mol. The minimum atomic E-state index is -1.11. The summed E-state index contributed by atoms with van der Waals surface area (Å²) in [5, 5.41) is 0. The van der Waals surface area contributed by atoms with Gasteiger partial charge in [0.2, 0.25) is 0 Å². The van der Waals surface area contributed by atoms with E-state index in [0.717, 1.165) is 44.5 Å². The predicted molar refractivity (Wildman–Crippen MR) is 301 cm³/mol. The van der Waals surface area contributed by atoms with Crippen LogP contribution in [0.25, 0.3) is 0 Å². The topological polar surface area (TPSA) is 102 Å². The van der Waals surface area contributed by atoms with Crippen LogP contribution in [0.3, 0.4) is 0 Å². The zero-order chi connectivity index (χ0) is 53.5. The Labute approximate surface area is 464 Å². The lowest BCUT2D eigenvalue weighted by atomic mass is 9.95. The van der Waals surface area contributed by atoms with Crippen LogP contribution in [0.5, 0.6) is 0 Å². The smallest absolute Gasteiger partial charge is 0.187 e. The number of hydrogen-bond donors (Lipinski definition) is 0. The Morgan fingerprint density at radius 3 is 0.810 bits per heavy atom. The van der Waals surface area contributed by atoms with E-state index in [-0.39, 0.29) is 52.9 Å². The summed E-state index contributed by atoms with van der Waals surface area (Å²) in [6.45, 7) is 2.40. The van der Waals surface area contributed by atoms with Gasteiger partial charge in [-0.15, -0.1) is 0 Å². The fourth-order valence-corrected chi connectivity index (χ4v) is 9.84. The highest BCUT2D eigenvalue weighted by atomic mass is 16.8. The molecule has 10 rings (SSSR count). The summed E-state index contributed by atoms with van der Waals surface area (Å²) in [7, 11) is 0. The SMILES string of the molecule is c1ccc(COC[C@H]2O[C@@H](O[C@H]3[C@H](OCc4ccccc4)[C@@H](OCc4ccccc4)[C@H](OCc4ccccc4)O[C@@H]3COCc3ccccc3)[C@H](OCc3ccccc3)[C@@H](OCc3ccccc3)[C@@H]2OCc2ccccc2)cc1. The number of rotatable bonds is 28. The van der Waals surface area contributed by atoms with E-state index in [1.165, 1.54) is 0 Å². The molecule has 0 bridgehead atoms. The third-order valence-corrected chi connectivity index (χ3v) is 13.9. The Morgan fingerprint density at radius 2 is 0.468 bits per heavy atom. The summed E-state index contributed by atoms with van der Waals surface area (Å²) >= 11 is 0. The van der Waals surface area contributed by atoms with Gasteiger partial charge in [0.1, 0.15) is 48.8 Å². The van der Waals surface area contributed by atoms with Crippen LogP contribution >= 0.6 is 0 Å². The molecule has 11 nitrogen and oxygen atoms in total. The van der Waals surface area contributed by atoms with Crippen LogP contribution in [0.2, 0.25) is 0 Å². The maximum Gasteiger partial charge on any atom is 0.187 e. The first kappa shape index (κ1) is 55.6. The second-order valence-electron chi connectivity index (χ2n) is 19.8. The van der Waals surface area contributed by atoms with Crippen LogP contribution in [0.4, 0.5) is 0 Å². The fourth-order valence-electron chi connectivity index (χ4n) is 9.84. The molecule has 0 saturated carbocycles. The monoisotopic (exact) mass is 1060 g/mol. The summed E-state index contributed by atoms with van der Waals surface area (Å²) in [5.41, 5.74) is 7.89. The van der Waals surface area contributed by atoms with Gasteiger partial charge in [0, 0.05) is 0 Å². The molecule has 2 fully saturated rings. The molecule has 0 N–H and O–H groups in total. The van der Waals surface area contributed by atoms with E-state index >= 15 is 0 Å². The molecule has 2 saturated heterocycles. The maximum absolute atomic E-state index is 7.63. The van der Waals surface area contributed by atoms with E-state index in [0.29, 0.717) is 13.2 Å². The molecule has 2 aliphatic rings. The van der Waals surface area contributed by atoms with Gasteiger partial charge >= 0.3 is 0 Å². The summed E-state index contributed by atoms with van der Waals surface area (Å²) < 4.78 is 77.7. The normalized spacial score (nSPS) is 23.0. The van der Waals surface area contributed by atoms with Gasteiger partial charge in [-0.05, 0) is 44.5 Å². The molecule has 0 aromatic heterocycles. The van der Waals surface area contributed by atoms with Crippen LogP contribution in [-0.4, -0.2) is 74.6 Å². The lowest BCUT2D eigenvalue weighted by molar-refractivity contribution is -0.378. The maximum atomic E-state index is 7.63. The molecule has 8 aromatic carbocycles. The Bertz CT molecular complexity index is 2890. The van der Waals surface area contributed by atoms with Crippen LogP contribution in [0.15, 0.2) is 243 Å². The molecule has 2 heterocycles. The van der Waals surface area contributed by atoms with Crippen molar-refractivity contribution >= 4 is 0 Å². The van der Waals surface area contributed by atoms with E-state index in [4.69, 9.17) is 52.1 Å². The molecule has 0 unspecified atom stereocenters. The molecule has 0 amide bonds. The first-order valence-corrected chi connectivity index (χ1v) is 27.3. The molecule has 8 aromatic rings. The van der Waals surface area contributed by atoms with Crippen LogP contribution < -0.4 is 0 Å². The fraction of sp³-hybridized carbons (Fsp3) is 0.294. The summed E-state index contributed by atoms with van der Waals surface area (Å²) in [5.74, 6) is 0. The summed E-state index contributed by atoms with van der Waals surface area (Å²) in [6.07, 6.45) is -8.45. The number of hydrogen-bond acceptors (Lipinski definition) is 11. The standard InChI is InChI=1S/C68H70O11/c1-9-25-51(26-10-1)41-69-49-59-61(71-43-53-29-13-3-14-30-53)63(72-44-54-31-15-4-16-32-54)66(75-47-57-37-21-7-22-38-57)68(78-59)79-62-60(50-70-42-52-27-11-2-12-28-52)77-67(76-48-58-39-23-8-24-40-58)65(74-46-56-35-19-6-20-36-56)64(62)73-45-55-33-17-5-18-34-55/h1-40,59-68H,41-50H2/t59-,60-,61-,62-,63+,64+,65-,66-,67-,68+/m1/s1. The van der Waals surface area contributed by atoms with Crippen molar-refractivity contribution in [3.05, 3.63) is 287 Å². The van der Waals surface area contributed by atoms with Crippen molar-refractivity contribution < 1.29 is 52.1 Å². The molecule has 0 radical (unpaired) electrons. The third kappa shape index (κ3) is 16.7. The predicted octanol–water partition coefficient (Wildman–Crippen LogP) is 12.4. The molecular formula is C68H70O11. The average Bonchev–Trinajstić information content (AvgIpc) is 3.55. The minimum absolute atomic E-state index is 0.101. The second kappa shape index (κ2) is 30.1. The lowest BCUT2D eigenvalue weighted by Crippen LogP contribution is -2.66. The Kier molecular flexibility index (Phi) is 21.2. The van der Waals surface area contributed by atoms with Crippen LogP contribution in [0, 0.1) is 0 Å². The van der Waals surface area contributed by atoms with E-state index in [9.17, 15) is 0 Å². The van der Waals surface area contributed by atoms with Crippen LogP contribution in [0.1, 0.15) is 44.5 Å². The number of benzene rings is 8. The van der Waals surface area contributed by atoms with Gasteiger partial charge in [-0.25, -0.2) is 0 Å². The van der Waals surface area contributed by atoms with Gasteiger partial charge in [0.25, 0.3) is 0 Å². The van der Waals surface area contributed by atoms with Crippen molar-refractivity contribution in [1.82, 2.24) is 0 Å². The van der Waals surface area contributed by atoms with Gasteiger partial charge in [-0.3, -0.25) is 0 Å². The van der Waals surface area contributed by atoms with Gasteiger partial charge in [0.15, 0.2) is 12.6 Å². The van der Waals surface area contributed by atoms with Crippen molar-refractivity contribution in [3.8, 4) is 0 Å². The first-order valence-electron chi connectivity index (χ1n) is 27.3. The Hall–Kier alpha value is -6.68. The van der Waals surface area contributed by atoms with E-state index in [2.05, 4.69) is 0 Å². The highest BCUT2D eigenvalue weighted by Crippen LogP contribution is 2.37. The third-order valence-electron chi connectivity index (χ3n) is 13.9. The van der Waals surface area contributed by atoms with Crippen LogP contribution in [-0.2, 0) is 105 Å². The highest BCUT2D eigenvalue weighted by Gasteiger charge is 2.55. The lowest BCUT2D eigenvalue weighted by Gasteiger charge is -2.50. The van der Waals surface area contributed by atoms with Crippen molar-refractivity contribution in [3.63, 3.8) is 0 Å². The zero-order valence-corrected chi connectivity index (χ0v) is 44.4. The van der Waals surface area contributed by atoms with Gasteiger partial charge in [-0.1, -0.05) is 243 Å². The zero-order valence-electron chi connectivity index (χ0n) is 44.4. The molecule has 0 aliphatic carbocycles. The Morgan fingerprint density at radius 1 is 0.228 bits per heavy atom. The molecule has 408 valence electrons. The highest BCUT2D eigenvalue weighted by molar-refractivity contribution is 5.20. The van der Waals surface area contributed by atoms with Crippen molar-refractivity contribution in [2.75, 3.05) is 13.2 Å². The van der Waals surface area contributed by atoms with Gasteiger partial charge in [-0.2, -0.15) is 0 Å². The van der Waals surface area contributed by atoms with Gasteiger partial charge < -0.3 is 52.1 Å².